The maximum absolute atomic E-state index is 14.1. The van der Waals surface area contributed by atoms with E-state index in [9.17, 15) is 4.39 Å². The van der Waals surface area contributed by atoms with Gasteiger partial charge in [-0.05, 0) is 24.3 Å². The third-order valence-electron chi connectivity index (χ3n) is 2.59. The molecule has 0 amide bonds. The molecule has 0 aliphatic heterocycles. The van der Waals surface area contributed by atoms with Crippen LogP contribution in [0.15, 0.2) is 52.9 Å². The van der Waals surface area contributed by atoms with Gasteiger partial charge in [-0.3, -0.25) is 4.98 Å². The molecule has 0 radical (unpaired) electrons. The predicted octanol–water partition coefficient (Wildman–Crippen LogP) is 2.90. The highest BCUT2D eigenvalue weighted by Gasteiger charge is 2.13. The Morgan fingerprint density at radius 3 is 2.84 bits per heavy atom. The van der Waals surface area contributed by atoms with E-state index in [1.807, 2.05) is 6.07 Å². The van der Waals surface area contributed by atoms with Gasteiger partial charge in [-0.2, -0.15) is 0 Å². The first kappa shape index (κ1) is 11.9. The number of nitrogens with zero attached hydrogens (tertiary/aromatic N) is 3. The molecule has 2 heterocycles. The monoisotopic (exact) mass is 272 g/mol. The minimum Gasteiger partial charge on any atom is -0.398 e. The minimum atomic E-state index is -0.396. The Bertz CT molecular complexity index is 733. The summed E-state index contributed by atoms with van der Waals surface area (Å²) in [5.41, 5.74) is 6.73. The van der Waals surface area contributed by atoms with Crippen LogP contribution in [-0.4, -0.2) is 15.0 Å². The van der Waals surface area contributed by atoms with Gasteiger partial charge in [-0.1, -0.05) is 11.8 Å². The first-order chi connectivity index (χ1) is 9.25. The predicted molar refractivity (Wildman–Crippen MR) is 72.3 cm³/mol. The maximum atomic E-state index is 14.1. The molecule has 0 spiro atoms. The van der Waals surface area contributed by atoms with Crippen LogP contribution in [0.25, 0.3) is 10.9 Å². The lowest BCUT2D eigenvalue weighted by molar-refractivity contribution is 0.605. The van der Waals surface area contributed by atoms with Crippen LogP contribution < -0.4 is 5.73 Å². The molecule has 2 aromatic heterocycles. The number of hydrogen-bond donors (Lipinski definition) is 1. The van der Waals surface area contributed by atoms with Crippen molar-refractivity contribution in [3.8, 4) is 0 Å². The smallest absolute Gasteiger partial charge is 0.141 e. The van der Waals surface area contributed by atoms with Crippen molar-refractivity contribution in [3.63, 3.8) is 0 Å². The summed E-state index contributed by atoms with van der Waals surface area (Å²) in [5, 5.41) is 1.39. The fraction of sp³-hybridized carbons (Fsp3) is 0. The summed E-state index contributed by atoms with van der Waals surface area (Å²) in [6.07, 6.45) is 4.65. The number of benzene rings is 1. The summed E-state index contributed by atoms with van der Waals surface area (Å²) < 4.78 is 14.1. The van der Waals surface area contributed by atoms with Crippen molar-refractivity contribution in [1.29, 1.82) is 0 Å². The molecule has 94 valence electrons. The number of anilines is 1. The number of pyridine rings is 1. The third-order valence-corrected chi connectivity index (χ3v) is 3.64. The molecular weight excluding hydrogens is 263 g/mol. The molecule has 6 heteroatoms. The van der Waals surface area contributed by atoms with E-state index in [1.165, 1.54) is 24.2 Å². The van der Waals surface area contributed by atoms with Gasteiger partial charge in [0.1, 0.15) is 17.2 Å². The van der Waals surface area contributed by atoms with Crippen LogP contribution in [0.4, 0.5) is 10.1 Å². The topological polar surface area (TPSA) is 64.7 Å². The Kier molecular flexibility index (Phi) is 3.00. The second-order valence-electron chi connectivity index (χ2n) is 3.83. The highest BCUT2D eigenvalue weighted by Crippen LogP contribution is 2.35. The van der Waals surface area contributed by atoms with E-state index < -0.39 is 5.82 Å². The van der Waals surface area contributed by atoms with Crippen LogP contribution in [0, 0.1) is 5.82 Å². The van der Waals surface area contributed by atoms with E-state index >= 15 is 0 Å². The van der Waals surface area contributed by atoms with Gasteiger partial charge >= 0.3 is 0 Å². The summed E-state index contributed by atoms with van der Waals surface area (Å²) in [6.45, 7) is 0. The lowest BCUT2D eigenvalue weighted by atomic mass is 10.2. The summed E-state index contributed by atoms with van der Waals surface area (Å²) in [4.78, 5) is 12.5. The molecule has 0 saturated heterocycles. The lowest BCUT2D eigenvalue weighted by Crippen LogP contribution is -1.94. The minimum absolute atomic E-state index is 0.382. The van der Waals surface area contributed by atoms with Crippen molar-refractivity contribution in [2.75, 3.05) is 5.73 Å². The Balaban J connectivity index is 2.18. The zero-order valence-corrected chi connectivity index (χ0v) is 10.6. The molecule has 0 fully saturated rings. The maximum Gasteiger partial charge on any atom is 0.141 e. The van der Waals surface area contributed by atoms with Crippen molar-refractivity contribution in [2.45, 2.75) is 9.92 Å². The Hall–Kier alpha value is -2.21. The van der Waals surface area contributed by atoms with Gasteiger partial charge in [0, 0.05) is 23.5 Å². The second kappa shape index (κ2) is 4.81. The highest BCUT2D eigenvalue weighted by molar-refractivity contribution is 7.99. The normalized spacial score (nSPS) is 10.8. The zero-order valence-electron chi connectivity index (χ0n) is 9.75. The summed E-state index contributed by atoms with van der Waals surface area (Å²) >= 11 is 1.21. The SMILES string of the molecule is Nc1cc(F)c(Sc2ccncn2)c2ncccc12. The quantitative estimate of drug-likeness (QED) is 0.574. The van der Waals surface area contributed by atoms with Crippen molar-refractivity contribution < 1.29 is 4.39 Å². The Labute approximate surface area is 112 Å². The molecule has 3 rings (SSSR count). The van der Waals surface area contributed by atoms with Crippen LogP contribution in [0.3, 0.4) is 0 Å². The van der Waals surface area contributed by atoms with Gasteiger partial charge in [0.15, 0.2) is 0 Å². The molecule has 0 aliphatic carbocycles. The van der Waals surface area contributed by atoms with E-state index in [-0.39, 0.29) is 0 Å². The van der Waals surface area contributed by atoms with E-state index in [4.69, 9.17) is 5.73 Å². The Morgan fingerprint density at radius 1 is 1.16 bits per heavy atom. The summed E-state index contributed by atoms with van der Waals surface area (Å²) in [7, 11) is 0. The number of nitrogen functional groups attached to an aromatic ring is 1. The largest absolute Gasteiger partial charge is 0.398 e. The molecule has 0 bridgehead atoms. The van der Waals surface area contributed by atoms with Crippen LogP contribution >= 0.6 is 11.8 Å². The molecular formula is C13H9FN4S. The van der Waals surface area contributed by atoms with Crippen LogP contribution in [0.1, 0.15) is 0 Å². The molecule has 0 aliphatic rings. The number of hydrogen-bond acceptors (Lipinski definition) is 5. The Morgan fingerprint density at radius 2 is 2.05 bits per heavy atom. The van der Waals surface area contributed by atoms with E-state index in [1.54, 1.807) is 24.5 Å². The molecule has 3 aromatic rings. The fourth-order valence-corrected chi connectivity index (χ4v) is 2.61. The number of aromatic nitrogens is 3. The first-order valence-corrected chi connectivity index (χ1v) is 6.34. The standard InChI is InChI=1S/C13H9FN4S/c14-9-6-10(15)8-2-1-4-17-12(8)13(9)19-11-3-5-16-7-18-11/h1-7H,15H2. The molecule has 2 N–H and O–H groups in total. The van der Waals surface area contributed by atoms with Crippen molar-refractivity contribution >= 4 is 28.4 Å². The van der Waals surface area contributed by atoms with Gasteiger partial charge in [0.05, 0.1) is 10.4 Å². The average Bonchev–Trinajstić information content (AvgIpc) is 2.45. The second-order valence-corrected chi connectivity index (χ2v) is 4.86. The molecule has 19 heavy (non-hydrogen) atoms. The zero-order chi connectivity index (χ0) is 13.2. The summed E-state index contributed by atoms with van der Waals surface area (Å²) in [5.74, 6) is -0.396. The lowest BCUT2D eigenvalue weighted by Gasteiger charge is -2.08. The van der Waals surface area contributed by atoms with Gasteiger partial charge in [0.25, 0.3) is 0 Å². The van der Waals surface area contributed by atoms with Crippen LogP contribution in [0.2, 0.25) is 0 Å². The average molecular weight is 272 g/mol. The molecule has 1 aromatic carbocycles. The van der Waals surface area contributed by atoms with Crippen molar-refractivity contribution in [1.82, 2.24) is 15.0 Å². The molecule has 0 atom stereocenters. The molecule has 0 unspecified atom stereocenters. The van der Waals surface area contributed by atoms with Gasteiger partial charge in [-0.15, -0.1) is 0 Å². The highest BCUT2D eigenvalue weighted by atomic mass is 32.2. The van der Waals surface area contributed by atoms with Crippen molar-refractivity contribution in [3.05, 3.63) is 48.8 Å². The van der Waals surface area contributed by atoms with Gasteiger partial charge < -0.3 is 5.73 Å². The van der Waals surface area contributed by atoms with Crippen LogP contribution in [-0.2, 0) is 0 Å². The van der Waals surface area contributed by atoms with Gasteiger partial charge in [-0.25, -0.2) is 14.4 Å². The van der Waals surface area contributed by atoms with Crippen LogP contribution in [0.5, 0.6) is 0 Å². The molecule has 4 nitrogen and oxygen atoms in total. The number of rotatable bonds is 2. The number of halogens is 1. The summed E-state index contributed by atoms with van der Waals surface area (Å²) in [6, 6.07) is 6.62. The van der Waals surface area contributed by atoms with Gasteiger partial charge in [0.2, 0.25) is 0 Å². The van der Waals surface area contributed by atoms with E-state index in [2.05, 4.69) is 15.0 Å². The number of fused-ring (bicyclic) bond motifs is 1. The number of nitrogens with two attached hydrogens (primary N) is 1. The molecule has 0 saturated carbocycles. The first-order valence-electron chi connectivity index (χ1n) is 5.52. The van der Waals surface area contributed by atoms with E-state index in [0.717, 1.165) is 5.39 Å². The van der Waals surface area contributed by atoms with Crippen molar-refractivity contribution in [2.24, 2.45) is 0 Å². The fourth-order valence-electron chi connectivity index (χ4n) is 1.75. The van der Waals surface area contributed by atoms with E-state index in [0.29, 0.717) is 21.1 Å². The third kappa shape index (κ3) is 2.22.